The van der Waals surface area contributed by atoms with Gasteiger partial charge in [0.15, 0.2) is 0 Å². The van der Waals surface area contributed by atoms with Crippen molar-refractivity contribution in [2.75, 3.05) is 5.32 Å². The Morgan fingerprint density at radius 1 is 1.24 bits per heavy atom. The maximum absolute atomic E-state index is 13.6. The number of nitrogens with one attached hydrogen (secondary N) is 1. The molecule has 2 aromatic rings. The molecule has 1 N–H and O–H groups in total. The lowest BCUT2D eigenvalue weighted by atomic mass is 9.94. The van der Waals surface area contributed by atoms with Gasteiger partial charge in [-0.05, 0) is 30.5 Å². The van der Waals surface area contributed by atoms with Crippen molar-refractivity contribution in [1.82, 2.24) is 4.98 Å². The molecule has 2 nitrogen and oxygen atoms in total. The van der Waals surface area contributed by atoms with Crippen LogP contribution in [0.5, 0.6) is 0 Å². The van der Waals surface area contributed by atoms with Gasteiger partial charge in [0.25, 0.3) is 0 Å². The zero-order chi connectivity index (χ0) is 11.7. The summed E-state index contributed by atoms with van der Waals surface area (Å²) < 4.78 is 13.6. The van der Waals surface area contributed by atoms with Gasteiger partial charge in [0.2, 0.25) is 0 Å². The van der Waals surface area contributed by atoms with Crippen LogP contribution in [0, 0.1) is 5.82 Å². The molecule has 1 aromatic carbocycles. The fraction of sp³-hybridized carbons (Fsp3) is 0.214. The Morgan fingerprint density at radius 3 is 3.00 bits per heavy atom. The summed E-state index contributed by atoms with van der Waals surface area (Å²) in [7, 11) is 0. The number of halogens is 1. The van der Waals surface area contributed by atoms with Gasteiger partial charge in [-0.2, -0.15) is 0 Å². The van der Waals surface area contributed by atoms with Gasteiger partial charge in [-0.25, -0.2) is 4.39 Å². The Labute approximate surface area is 99.5 Å². The van der Waals surface area contributed by atoms with Crippen LogP contribution in [-0.4, -0.2) is 4.98 Å². The van der Waals surface area contributed by atoms with E-state index >= 15 is 0 Å². The summed E-state index contributed by atoms with van der Waals surface area (Å²) in [6, 6.07) is 9.99. The minimum absolute atomic E-state index is 0.0490. The molecule has 0 saturated heterocycles. The lowest BCUT2D eigenvalue weighted by molar-refractivity contribution is 0.567. The Hall–Kier alpha value is -1.90. The van der Waals surface area contributed by atoms with Crippen LogP contribution in [0.15, 0.2) is 42.7 Å². The predicted octanol–water partition coefficient (Wildman–Crippen LogP) is 3.32. The minimum atomic E-state index is -0.232. The molecular formula is C14H13FN2. The van der Waals surface area contributed by atoms with Gasteiger partial charge in [-0.3, -0.25) is 4.98 Å². The molecule has 1 atom stereocenters. The molecule has 2 heterocycles. The summed E-state index contributed by atoms with van der Waals surface area (Å²) in [4.78, 5) is 3.78. The number of para-hydroxylation sites is 1. The number of aryl methyl sites for hydroxylation is 1. The fourth-order valence-corrected chi connectivity index (χ4v) is 2.34. The van der Waals surface area contributed by atoms with Crippen molar-refractivity contribution in [3.8, 4) is 0 Å². The van der Waals surface area contributed by atoms with E-state index in [0.29, 0.717) is 5.56 Å². The first-order valence-corrected chi connectivity index (χ1v) is 5.78. The second-order valence-corrected chi connectivity index (χ2v) is 4.29. The SMILES string of the molecule is Fc1cnccc1C1CCc2ccccc2N1. The molecule has 3 heteroatoms. The van der Waals surface area contributed by atoms with Crippen molar-refractivity contribution in [1.29, 1.82) is 0 Å². The van der Waals surface area contributed by atoms with Crippen molar-refractivity contribution in [2.45, 2.75) is 18.9 Å². The Balaban J connectivity index is 1.92. The number of pyridine rings is 1. The first-order chi connectivity index (χ1) is 8.34. The van der Waals surface area contributed by atoms with Crippen molar-refractivity contribution in [3.05, 3.63) is 59.7 Å². The van der Waals surface area contributed by atoms with Crippen molar-refractivity contribution in [2.24, 2.45) is 0 Å². The Kier molecular flexibility index (Phi) is 2.52. The lowest BCUT2D eigenvalue weighted by Gasteiger charge is -2.27. The molecule has 0 amide bonds. The number of benzene rings is 1. The van der Waals surface area contributed by atoms with Crippen LogP contribution < -0.4 is 5.32 Å². The lowest BCUT2D eigenvalue weighted by Crippen LogP contribution is -2.19. The number of hydrogen-bond donors (Lipinski definition) is 1. The van der Waals surface area contributed by atoms with Crippen LogP contribution in [0.1, 0.15) is 23.6 Å². The Bertz CT molecular complexity index is 539. The van der Waals surface area contributed by atoms with Crippen molar-refractivity contribution < 1.29 is 4.39 Å². The number of rotatable bonds is 1. The summed E-state index contributed by atoms with van der Waals surface area (Å²) in [6.45, 7) is 0. The molecule has 3 rings (SSSR count). The molecule has 0 aliphatic carbocycles. The van der Waals surface area contributed by atoms with Crippen LogP contribution in [-0.2, 0) is 6.42 Å². The molecule has 0 spiro atoms. The maximum atomic E-state index is 13.6. The number of aromatic nitrogens is 1. The first kappa shape index (κ1) is 10.3. The van der Waals surface area contributed by atoms with Gasteiger partial charge >= 0.3 is 0 Å². The third kappa shape index (κ3) is 1.88. The topological polar surface area (TPSA) is 24.9 Å². The molecule has 1 aromatic heterocycles. The first-order valence-electron chi connectivity index (χ1n) is 5.78. The van der Waals surface area contributed by atoms with Crippen LogP contribution in [0.3, 0.4) is 0 Å². The standard InChI is InChI=1S/C14H13FN2/c15-12-9-16-8-7-11(12)14-6-5-10-3-1-2-4-13(10)17-14/h1-4,7-9,14,17H,5-6H2. The maximum Gasteiger partial charge on any atom is 0.146 e. The zero-order valence-corrected chi connectivity index (χ0v) is 9.36. The van der Waals surface area contributed by atoms with E-state index in [9.17, 15) is 4.39 Å². The van der Waals surface area contributed by atoms with Crippen LogP contribution in [0.2, 0.25) is 0 Å². The van der Waals surface area contributed by atoms with Gasteiger partial charge in [0, 0.05) is 17.4 Å². The van der Waals surface area contributed by atoms with E-state index in [1.807, 2.05) is 18.2 Å². The van der Waals surface area contributed by atoms with Crippen molar-refractivity contribution >= 4 is 5.69 Å². The number of anilines is 1. The average molecular weight is 228 g/mol. The second kappa shape index (κ2) is 4.17. The monoisotopic (exact) mass is 228 g/mol. The number of nitrogens with zero attached hydrogens (tertiary/aromatic N) is 1. The van der Waals surface area contributed by atoms with E-state index in [1.54, 1.807) is 12.3 Å². The average Bonchev–Trinajstić information content (AvgIpc) is 2.39. The molecule has 0 radical (unpaired) electrons. The van der Waals surface area contributed by atoms with Gasteiger partial charge < -0.3 is 5.32 Å². The fourth-order valence-electron chi connectivity index (χ4n) is 2.34. The number of hydrogen-bond acceptors (Lipinski definition) is 2. The van der Waals surface area contributed by atoms with E-state index in [1.165, 1.54) is 11.8 Å². The quantitative estimate of drug-likeness (QED) is 0.809. The molecule has 1 aliphatic rings. The molecule has 0 saturated carbocycles. The zero-order valence-electron chi connectivity index (χ0n) is 9.36. The van der Waals surface area contributed by atoms with E-state index < -0.39 is 0 Å². The summed E-state index contributed by atoms with van der Waals surface area (Å²) in [5.41, 5.74) is 3.12. The molecule has 1 aliphatic heterocycles. The van der Waals surface area contributed by atoms with E-state index in [-0.39, 0.29) is 11.9 Å². The van der Waals surface area contributed by atoms with E-state index in [4.69, 9.17) is 0 Å². The number of fused-ring (bicyclic) bond motifs is 1. The molecule has 0 bridgehead atoms. The molecule has 1 unspecified atom stereocenters. The van der Waals surface area contributed by atoms with Gasteiger partial charge in [0.05, 0.1) is 12.2 Å². The van der Waals surface area contributed by atoms with Gasteiger partial charge in [-0.1, -0.05) is 18.2 Å². The van der Waals surface area contributed by atoms with Gasteiger partial charge in [-0.15, -0.1) is 0 Å². The van der Waals surface area contributed by atoms with Crippen molar-refractivity contribution in [3.63, 3.8) is 0 Å². The normalized spacial score (nSPS) is 18.3. The van der Waals surface area contributed by atoms with Gasteiger partial charge in [0.1, 0.15) is 5.82 Å². The summed E-state index contributed by atoms with van der Waals surface area (Å²) in [5, 5.41) is 3.39. The third-order valence-electron chi connectivity index (χ3n) is 3.23. The Morgan fingerprint density at radius 2 is 2.12 bits per heavy atom. The third-order valence-corrected chi connectivity index (χ3v) is 3.23. The molecule has 17 heavy (non-hydrogen) atoms. The molecule has 86 valence electrons. The highest BCUT2D eigenvalue weighted by Crippen LogP contribution is 2.32. The highest BCUT2D eigenvalue weighted by atomic mass is 19.1. The molecular weight excluding hydrogens is 215 g/mol. The predicted molar refractivity (Wildman–Crippen MR) is 65.3 cm³/mol. The largest absolute Gasteiger partial charge is 0.378 e. The highest BCUT2D eigenvalue weighted by Gasteiger charge is 2.20. The van der Waals surface area contributed by atoms with Crippen LogP contribution >= 0.6 is 0 Å². The second-order valence-electron chi connectivity index (χ2n) is 4.29. The van der Waals surface area contributed by atoms with E-state index in [2.05, 4.69) is 16.4 Å². The summed E-state index contributed by atoms with van der Waals surface area (Å²) >= 11 is 0. The smallest absolute Gasteiger partial charge is 0.146 e. The highest BCUT2D eigenvalue weighted by molar-refractivity contribution is 5.54. The minimum Gasteiger partial charge on any atom is -0.378 e. The van der Waals surface area contributed by atoms with E-state index in [0.717, 1.165) is 18.5 Å². The summed E-state index contributed by atoms with van der Waals surface area (Å²) in [5.74, 6) is -0.232. The summed E-state index contributed by atoms with van der Waals surface area (Å²) in [6.07, 6.45) is 4.81. The van der Waals surface area contributed by atoms with Crippen LogP contribution in [0.25, 0.3) is 0 Å². The van der Waals surface area contributed by atoms with Crippen LogP contribution in [0.4, 0.5) is 10.1 Å². The molecule has 0 fully saturated rings.